The Balaban J connectivity index is 2.01. The van der Waals surface area contributed by atoms with E-state index in [1.54, 1.807) is 0 Å². The molecule has 1 aliphatic carbocycles. The number of nitrogens with zero attached hydrogens (tertiary/aromatic N) is 3. The van der Waals surface area contributed by atoms with Crippen LogP contribution in [0, 0.1) is 27.4 Å². The summed E-state index contributed by atoms with van der Waals surface area (Å²) >= 11 is 0. The Bertz CT molecular complexity index is 491. The molecule has 6 heteroatoms. The number of nitro groups is 1. The number of nitrogens with one attached hydrogen (secondary N) is 1. The Morgan fingerprint density at radius 3 is 2.94 bits per heavy atom. The largest absolute Gasteiger partial charge is 0.364 e. The lowest BCUT2D eigenvalue weighted by atomic mass is 9.83. The summed E-state index contributed by atoms with van der Waals surface area (Å²) in [4.78, 5) is 14.3. The van der Waals surface area contributed by atoms with Crippen molar-refractivity contribution in [1.82, 2.24) is 4.98 Å². The van der Waals surface area contributed by atoms with Gasteiger partial charge in [-0.3, -0.25) is 10.1 Å². The fraction of sp³-hybridized carbons (Fsp3) is 0.500. The van der Waals surface area contributed by atoms with Crippen molar-refractivity contribution in [2.45, 2.75) is 25.7 Å². The lowest BCUT2D eigenvalue weighted by Gasteiger charge is -2.25. The zero-order chi connectivity index (χ0) is 13.0. The van der Waals surface area contributed by atoms with Crippen molar-refractivity contribution in [2.75, 3.05) is 11.9 Å². The average molecular weight is 246 g/mol. The van der Waals surface area contributed by atoms with Crippen LogP contribution in [0.15, 0.2) is 12.3 Å². The van der Waals surface area contributed by atoms with Gasteiger partial charge in [-0.25, -0.2) is 4.98 Å². The van der Waals surface area contributed by atoms with Gasteiger partial charge in [-0.1, -0.05) is 19.3 Å². The smallest absolute Gasteiger partial charge is 0.312 e. The number of hydrogen-bond acceptors (Lipinski definition) is 5. The highest BCUT2D eigenvalue weighted by molar-refractivity contribution is 5.58. The first kappa shape index (κ1) is 12.3. The molecule has 1 aliphatic rings. The molecule has 0 aromatic carbocycles. The third-order valence-corrected chi connectivity index (χ3v) is 3.26. The van der Waals surface area contributed by atoms with Crippen LogP contribution in [-0.4, -0.2) is 16.5 Å². The van der Waals surface area contributed by atoms with Gasteiger partial charge in [-0.2, -0.15) is 5.26 Å². The number of nitriles is 1. The van der Waals surface area contributed by atoms with Gasteiger partial charge < -0.3 is 5.32 Å². The first-order valence-electron chi connectivity index (χ1n) is 5.99. The van der Waals surface area contributed by atoms with E-state index in [9.17, 15) is 10.1 Å². The zero-order valence-electron chi connectivity index (χ0n) is 9.93. The van der Waals surface area contributed by atoms with Crippen LogP contribution in [0.25, 0.3) is 0 Å². The highest BCUT2D eigenvalue weighted by atomic mass is 16.6. The molecule has 1 heterocycles. The van der Waals surface area contributed by atoms with E-state index in [-0.39, 0.29) is 17.1 Å². The predicted octanol–water partition coefficient (Wildman–Crippen LogP) is 2.46. The number of anilines is 1. The van der Waals surface area contributed by atoms with Crippen molar-refractivity contribution in [3.8, 4) is 6.07 Å². The molecule has 0 aliphatic heterocycles. The van der Waals surface area contributed by atoms with Gasteiger partial charge in [0.2, 0.25) is 5.82 Å². The van der Waals surface area contributed by atoms with Crippen LogP contribution in [0.1, 0.15) is 31.2 Å². The zero-order valence-corrected chi connectivity index (χ0v) is 9.93. The second-order valence-electron chi connectivity index (χ2n) is 4.47. The van der Waals surface area contributed by atoms with Crippen LogP contribution in [0.2, 0.25) is 0 Å². The van der Waals surface area contributed by atoms with E-state index in [4.69, 9.17) is 5.26 Å². The quantitative estimate of drug-likeness (QED) is 0.636. The summed E-state index contributed by atoms with van der Waals surface area (Å²) in [6.07, 6.45) is 6.16. The molecule has 0 bridgehead atoms. The number of aromatic nitrogens is 1. The van der Waals surface area contributed by atoms with Crippen molar-refractivity contribution in [3.05, 3.63) is 27.9 Å². The molecule has 1 aromatic rings. The summed E-state index contributed by atoms with van der Waals surface area (Å²) in [5.41, 5.74) is 0.0638. The van der Waals surface area contributed by atoms with E-state index in [2.05, 4.69) is 10.3 Å². The van der Waals surface area contributed by atoms with Gasteiger partial charge in [-0.05, 0) is 12.3 Å². The Hall–Kier alpha value is -2.16. The first-order chi connectivity index (χ1) is 8.70. The molecule has 1 N–H and O–H groups in total. The summed E-state index contributed by atoms with van der Waals surface area (Å²) in [6.45, 7) is 0.685. The molecule has 2 rings (SSSR count). The van der Waals surface area contributed by atoms with Gasteiger partial charge in [0.15, 0.2) is 0 Å². The Kier molecular flexibility index (Phi) is 3.72. The molecule has 6 nitrogen and oxygen atoms in total. The maximum atomic E-state index is 10.9. The monoisotopic (exact) mass is 246 g/mol. The van der Waals surface area contributed by atoms with E-state index >= 15 is 0 Å². The molecule has 1 fully saturated rings. The lowest BCUT2D eigenvalue weighted by molar-refractivity contribution is -0.384. The molecule has 1 aromatic heterocycles. The van der Waals surface area contributed by atoms with Crippen LogP contribution in [0.3, 0.4) is 0 Å². The molecule has 1 saturated carbocycles. The minimum Gasteiger partial charge on any atom is -0.364 e. The second-order valence-corrected chi connectivity index (χ2v) is 4.47. The molecule has 0 amide bonds. The van der Waals surface area contributed by atoms with Gasteiger partial charge >= 0.3 is 5.69 Å². The first-order valence-corrected chi connectivity index (χ1v) is 5.99. The third-order valence-electron chi connectivity index (χ3n) is 3.26. The number of rotatable bonds is 5. The van der Waals surface area contributed by atoms with E-state index in [0.29, 0.717) is 6.54 Å². The highest BCUT2D eigenvalue weighted by Gasteiger charge is 2.19. The Morgan fingerprint density at radius 2 is 2.39 bits per heavy atom. The fourth-order valence-corrected chi connectivity index (χ4v) is 1.97. The van der Waals surface area contributed by atoms with E-state index in [0.717, 1.165) is 12.3 Å². The molecular weight excluding hydrogens is 232 g/mol. The average Bonchev–Trinajstić information content (AvgIpc) is 2.32. The fourth-order valence-electron chi connectivity index (χ4n) is 1.97. The molecule has 0 unspecified atom stereocenters. The predicted molar refractivity (Wildman–Crippen MR) is 66.1 cm³/mol. The summed E-state index contributed by atoms with van der Waals surface area (Å²) in [5, 5.41) is 22.5. The molecule has 94 valence electrons. The molecular formula is C12H14N4O2. The summed E-state index contributed by atoms with van der Waals surface area (Å²) in [7, 11) is 0. The van der Waals surface area contributed by atoms with Gasteiger partial charge in [-0.15, -0.1) is 0 Å². The standard InChI is InChI=1S/C12H14N4O2/c13-7-10-6-11(16(17)18)12(15-8-10)14-5-4-9-2-1-3-9/h6,8-9H,1-5H2,(H,14,15). The molecule has 0 saturated heterocycles. The minimum absolute atomic E-state index is 0.136. The van der Waals surface area contributed by atoms with Gasteiger partial charge in [0, 0.05) is 18.8 Å². The van der Waals surface area contributed by atoms with E-state index in [1.165, 1.54) is 31.5 Å². The summed E-state index contributed by atoms with van der Waals surface area (Å²) in [5.74, 6) is 0.994. The van der Waals surface area contributed by atoms with Gasteiger partial charge in [0.05, 0.1) is 10.5 Å². The van der Waals surface area contributed by atoms with Crippen molar-refractivity contribution >= 4 is 11.5 Å². The Labute approximate surface area is 105 Å². The third kappa shape index (κ3) is 2.74. The van der Waals surface area contributed by atoms with Crippen molar-refractivity contribution < 1.29 is 4.92 Å². The van der Waals surface area contributed by atoms with E-state index in [1.807, 2.05) is 6.07 Å². The SMILES string of the molecule is N#Cc1cnc(NCCC2CCC2)c([N+](=O)[O-])c1. The number of hydrogen-bond donors (Lipinski definition) is 1. The highest BCUT2D eigenvalue weighted by Crippen LogP contribution is 2.29. The van der Waals surface area contributed by atoms with Crippen LogP contribution < -0.4 is 5.32 Å². The topological polar surface area (TPSA) is 91.8 Å². The van der Waals surface area contributed by atoms with Crippen molar-refractivity contribution in [3.63, 3.8) is 0 Å². The Morgan fingerprint density at radius 1 is 1.61 bits per heavy atom. The second kappa shape index (κ2) is 5.45. The lowest BCUT2D eigenvalue weighted by Crippen LogP contribution is -2.16. The minimum atomic E-state index is -0.514. The number of pyridine rings is 1. The summed E-state index contributed by atoms with van der Waals surface area (Å²) < 4.78 is 0. The van der Waals surface area contributed by atoms with Crippen LogP contribution in [0.5, 0.6) is 0 Å². The summed E-state index contributed by atoms with van der Waals surface area (Å²) in [6, 6.07) is 3.10. The molecule has 0 radical (unpaired) electrons. The van der Waals surface area contributed by atoms with Gasteiger partial charge in [0.25, 0.3) is 0 Å². The van der Waals surface area contributed by atoms with Crippen LogP contribution in [-0.2, 0) is 0 Å². The van der Waals surface area contributed by atoms with Crippen LogP contribution >= 0.6 is 0 Å². The van der Waals surface area contributed by atoms with Crippen molar-refractivity contribution in [1.29, 1.82) is 5.26 Å². The molecule has 18 heavy (non-hydrogen) atoms. The molecule has 0 atom stereocenters. The van der Waals surface area contributed by atoms with Gasteiger partial charge in [0.1, 0.15) is 6.07 Å². The van der Waals surface area contributed by atoms with Crippen molar-refractivity contribution in [2.24, 2.45) is 5.92 Å². The van der Waals surface area contributed by atoms with Crippen LogP contribution in [0.4, 0.5) is 11.5 Å². The van der Waals surface area contributed by atoms with E-state index < -0.39 is 4.92 Å². The molecule has 0 spiro atoms. The maximum Gasteiger partial charge on any atom is 0.312 e. The maximum absolute atomic E-state index is 10.9. The normalized spacial score (nSPS) is 14.6.